The van der Waals surface area contributed by atoms with Gasteiger partial charge in [0.05, 0.1) is 18.7 Å². The number of anilines is 1. The van der Waals surface area contributed by atoms with Crippen LogP contribution < -0.4 is 4.90 Å². The third kappa shape index (κ3) is 4.20. The molecule has 5 nitrogen and oxygen atoms in total. The second-order valence-corrected chi connectivity index (χ2v) is 8.39. The van der Waals surface area contributed by atoms with Crippen molar-refractivity contribution in [3.63, 3.8) is 0 Å². The van der Waals surface area contributed by atoms with Gasteiger partial charge in [-0.3, -0.25) is 9.69 Å². The molecule has 0 bridgehead atoms. The molecule has 3 heterocycles. The minimum Gasteiger partial charge on any atom is -0.363 e. The normalized spacial score (nSPS) is 24.4. The Labute approximate surface area is 162 Å². The van der Waals surface area contributed by atoms with Crippen LogP contribution in [0.4, 0.5) is 10.1 Å². The summed E-state index contributed by atoms with van der Waals surface area (Å²) < 4.78 is 19.7. The van der Waals surface area contributed by atoms with E-state index in [0.29, 0.717) is 12.2 Å². The number of halogens is 1. The molecule has 2 fully saturated rings. The average molecular weight is 389 g/mol. The predicted octanol–water partition coefficient (Wildman–Crippen LogP) is 3.38. The maximum atomic E-state index is 13.6. The van der Waals surface area contributed by atoms with E-state index in [9.17, 15) is 9.18 Å². The van der Waals surface area contributed by atoms with Gasteiger partial charge in [-0.25, -0.2) is 9.37 Å². The molecule has 7 heteroatoms. The van der Waals surface area contributed by atoms with E-state index in [1.54, 1.807) is 28.4 Å². The van der Waals surface area contributed by atoms with Gasteiger partial charge in [0.1, 0.15) is 17.4 Å². The van der Waals surface area contributed by atoms with Crippen LogP contribution in [0.5, 0.6) is 0 Å². The van der Waals surface area contributed by atoms with Crippen LogP contribution in [0.15, 0.2) is 29.6 Å². The van der Waals surface area contributed by atoms with E-state index in [1.807, 2.05) is 6.92 Å². The first-order chi connectivity index (χ1) is 13.0. The lowest BCUT2D eigenvalue weighted by atomic mass is 9.92. The fraction of sp³-hybridized carbons (Fsp3) is 0.500. The SMILES string of the molecule is Cc1csc(CN2CCCC3(CC2)CN(c2cccc(F)c2)C(=O)CO3)n1. The van der Waals surface area contributed by atoms with Gasteiger partial charge in [-0.1, -0.05) is 6.07 Å². The predicted molar refractivity (Wildman–Crippen MR) is 103 cm³/mol. The molecular formula is C20H24FN3O2S. The first-order valence-corrected chi connectivity index (χ1v) is 10.2. The van der Waals surface area contributed by atoms with Crippen LogP contribution in [-0.4, -0.2) is 47.6 Å². The summed E-state index contributed by atoms with van der Waals surface area (Å²) in [4.78, 5) is 21.1. The Kier molecular flexibility index (Phi) is 5.25. The Balaban J connectivity index is 1.45. The topological polar surface area (TPSA) is 45.7 Å². The number of rotatable bonds is 3. The molecular weight excluding hydrogens is 365 g/mol. The van der Waals surface area contributed by atoms with Crippen molar-refractivity contribution in [2.24, 2.45) is 0 Å². The molecule has 1 unspecified atom stereocenters. The van der Waals surface area contributed by atoms with Gasteiger partial charge in [-0.15, -0.1) is 11.3 Å². The number of aromatic nitrogens is 1. The Bertz CT molecular complexity index is 827. The van der Waals surface area contributed by atoms with Gasteiger partial charge in [0.15, 0.2) is 0 Å². The van der Waals surface area contributed by atoms with Crippen LogP contribution in [0.3, 0.4) is 0 Å². The second kappa shape index (κ2) is 7.66. The molecule has 1 spiro atoms. The van der Waals surface area contributed by atoms with Crippen molar-refractivity contribution in [1.82, 2.24) is 9.88 Å². The number of benzene rings is 1. The molecule has 27 heavy (non-hydrogen) atoms. The smallest absolute Gasteiger partial charge is 0.253 e. The van der Waals surface area contributed by atoms with Crippen molar-refractivity contribution in [3.8, 4) is 0 Å². The summed E-state index contributed by atoms with van der Waals surface area (Å²) in [6.45, 7) is 5.33. The lowest BCUT2D eigenvalue weighted by molar-refractivity contribution is -0.140. The fourth-order valence-corrected chi connectivity index (χ4v) is 4.76. The van der Waals surface area contributed by atoms with Crippen LogP contribution in [0.2, 0.25) is 0 Å². The van der Waals surface area contributed by atoms with Gasteiger partial charge < -0.3 is 9.64 Å². The zero-order valence-electron chi connectivity index (χ0n) is 15.5. The van der Waals surface area contributed by atoms with Crippen LogP contribution in [-0.2, 0) is 16.1 Å². The molecule has 1 atom stereocenters. The van der Waals surface area contributed by atoms with Crippen LogP contribution in [0, 0.1) is 12.7 Å². The minimum absolute atomic E-state index is 0.0577. The Morgan fingerprint density at radius 3 is 3.00 bits per heavy atom. The van der Waals surface area contributed by atoms with Gasteiger partial charge in [0.25, 0.3) is 5.91 Å². The first kappa shape index (κ1) is 18.5. The molecule has 2 aliphatic heterocycles. The molecule has 2 saturated heterocycles. The zero-order chi connectivity index (χ0) is 18.9. The molecule has 0 saturated carbocycles. The third-order valence-corrected chi connectivity index (χ3v) is 6.34. The van der Waals surface area contributed by atoms with Crippen molar-refractivity contribution < 1.29 is 13.9 Å². The average Bonchev–Trinajstić information content (AvgIpc) is 2.96. The molecule has 144 valence electrons. The van der Waals surface area contributed by atoms with Gasteiger partial charge in [0, 0.05) is 23.3 Å². The van der Waals surface area contributed by atoms with Gasteiger partial charge >= 0.3 is 0 Å². The standard InChI is InChI=1S/C20H24FN3O2S/c1-15-13-27-18(22-15)11-23-8-3-6-20(7-9-23)14-24(19(25)12-26-20)17-5-2-4-16(21)10-17/h2,4-5,10,13H,3,6-9,11-12,14H2,1H3. The molecule has 0 N–H and O–H groups in total. The quantitative estimate of drug-likeness (QED) is 0.807. The molecule has 0 aliphatic carbocycles. The number of hydrogen-bond donors (Lipinski definition) is 0. The number of likely N-dealkylation sites (tertiary alicyclic amines) is 1. The number of amides is 1. The maximum absolute atomic E-state index is 13.6. The highest BCUT2D eigenvalue weighted by atomic mass is 32.1. The summed E-state index contributed by atoms with van der Waals surface area (Å²) in [5.41, 5.74) is 1.33. The van der Waals surface area contributed by atoms with Crippen molar-refractivity contribution in [2.45, 2.75) is 38.3 Å². The molecule has 0 radical (unpaired) electrons. The molecule has 1 amide bonds. The van der Waals surface area contributed by atoms with E-state index in [2.05, 4.69) is 15.3 Å². The van der Waals surface area contributed by atoms with E-state index in [-0.39, 0.29) is 23.9 Å². The first-order valence-electron chi connectivity index (χ1n) is 9.36. The number of carbonyl (C=O) groups is 1. The number of aryl methyl sites for hydroxylation is 1. The van der Waals surface area contributed by atoms with Crippen molar-refractivity contribution in [1.29, 1.82) is 0 Å². The van der Waals surface area contributed by atoms with Crippen molar-refractivity contribution in [2.75, 3.05) is 31.1 Å². The van der Waals surface area contributed by atoms with Gasteiger partial charge in [-0.2, -0.15) is 0 Å². The van der Waals surface area contributed by atoms with E-state index < -0.39 is 0 Å². The number of ether oxygens (including phenoxy) is 1. The lowest BCUT2D eigenvalue weighted by Gasteiger charge is -2.42. The molecule has 1 aromatic carbocycles. The maximum Gasteiger partial charge on any atom is 0.253 e. The van der Waals surface area contributed by atoms with Gasteiger partial charge in [-0.05, 0) is 50.9 Å². The lowest BCUT2D eigenvalue weighted by Crippen LogP contribution is -2.55. The summed E-state index contributed by atoms with van der Waals surface area (Å²) in [6, 6.07) is 6.25. The highest BCUT2D eigenvalue weighted by Gasteiger charge is 2.41. The van der Waals surface area contributed by atoms with Gasteiger partial charge in [0.2, 0.25) is 0 Å². The monoisotopic (exact) mass is 389 g/mol. The zero-order valence-corrected chi connectivity index (χ0v) is 16.3. The summed E-state index contributed by atoms with van der Waals surface area (Å²) in [7, 11) is 0. The van der Waals surface area contributed by atoms with Crippen LogP contribution >= 0.6 is 11.3 Å². The van der Waals surface area contributed by atoms with Crippen molar-refractivity contribution in [3.05, 3.63) is 46.2 Å². The second-order valence-electron chi connectivity index (χ2n) is 7.44. The fourth-order valence-electron chi connectivity index (χ4n) is 3.94. The summed E-state index contributed by atoms with van der Waals surface area (Å²) in [5.74, 6) is -0.433. The van der Waals surface area contributed by atoms with Crippen molar-refractivity contribution >= 4 is 22.9 Å². The number of nitrogens with zero attached hydrogens (tertiary/aromatic N) is 3. The van der Waals surface area contributed by atoms with E-state index in [4.69, 9.17) is 4.74 Å². The Morgan fingerprint density at radius 2 is 2.22 bits per heavy atom. The number of thiazole rings is 1. The number of carbonyl (C=O) groups excluding carboxylic acids is 1. The Hall–Kier alpha value is -1.83. The summed E-state index contributed by atoms with van der Waals surface area (Å²) >= 11 is 1.70. The van der Waals surface area contributed by atoms with E-state index in [0.717, 1.165) is 49.6 Å². The van der Waals surface area contributed by atoms with Crippen LogP contribution in [0.25, 0.3) is 0 Å². The summed E-state index contributed by atoms with van der Waals surface area (Å²) in [6.07, 6.45) is 2.77. The minimum atomic E-state index is -0.353. The molecule has 4 rings (SSSR count). The highest BCUT2D eigenvalue weighted by molar-refractivity contribution is 7.09. The molecule has 2 aliphatic rings. The highest BCUT2D eigenvalue weighted by Crippen LogP contribution is 2.33. The molecule has 1 aromatic heterocycles. The number of morpholine rings is 1. The third-order valence-electron chi connectivity index (χ3n) is 5.38. The summed E-state index contributed by atoms with van der Waals surface area (Å²) in [5, 5.41) is 3.23. The Morgan fingerprint density at radius 1 is 1.33 bits per heavy atom. The van der Waals surface area contributed by atoms with E-state index >= 15 is 0 Å². The largest absolute Gasteiger partial charge is 0.363 e. The molecule has 2 aromatic rings. The van der Waals surface area contributed by atoms with E-state index in [1.165, 1.54) is 12.1 Å². The number of hydrogen-bond acceptors (Lipinski definition) is 5. The van der Waals surface area contributed by atoms with Crippen LogP contribution in [0.1, 0.15) is 30.0 Å².